The number of pyridine rings is 1. The summed E-state index contributed by atoms with van der Waals surface area (Å²) in [6, 6.07) is 3.42. The monoisotopic (exact) mass is 214 g/mol. The molecule has 1 heterocycles. The average Bonchev–Trinajstić information content (AvgIpc) is 2.22. The summed E-state index contributed by atoms with van der Waals surface area (Å²) in [5.74, 6) is 0.0654. The third-order valence-corrected chi connectivity index (χ3v) is 1.59. The average molecular weight is 215 g/mol. The molecule has 14 heavy (non-hydrogen) atoms. The molecule has 0 saturated carbocycles. The van der Waals surface area contributed by atoms with Gasteiger partial charge in [-0.15, -0.1) is 0 Å². The van der Waals surface area contributed by atoms with Crippen molar-refractivity contribution in [2.45, 2.75) is 20.8 Å². The minimum absolute atomic E-state index is 0.0654. The molecule has 4 heteroatoms. The molecule has 3 nitrogen and oxygen atoms in total. The molecular formula is C10H15ClN2O. The van der Waals surface area contributed by atoms with Crippen LogP contribution in [0.1, 0.15) is 26.3 Å². The lowest BCUT2D eigenvalue weighted by molar-refractivity contribution is 0.325. The summed E-state index contributed by atoms with van der Waals surface area (Å²) < 4.78 is 4.97. The molecule has 0 fully saturated rings. The van der Waals surface area contributed by atoms with E-state index in [2.05, 4.69) is 4.98 Å². The van der Waals surface area contributed by atoms with Crippen molar-refractivity contribution in [1.29, 1.82) is 5.41 Å². The predicted molar refractivity (Wildman–Crippen MR) is 59.0 cm³/mol. The van der Waals surface area contributed by atoms with Crippen LogP contribution >= 0.6 is 11.6 Å². The van der Waals surface area contributed by atoms with Crippen LogP contribution in [-0.2, 0) is 4.74 Å². The van der Waals surface area contributed by atoms with E-state index in [4.69, 9.17) is 21.7 Å². The summed E-state index contributed by atoms with van der Waals surface area (Å²) in [4.78, 5) is 3.83. The maximum absolute atomic E-state index is 7.42. The summed E-state index contributed by atoms with van der Waals surface area (Å²) in [5, 5.41) is 7.73. The Morgan fingerprint density at radius 1 is 1.57 bits per heavy atom. The lowest BCUT2D eigenvalue weighted by Crippen LogP contribution is -2.05. The van der Waals surface area contributed by atoms with Crippen LogP contribution < -0.4 is 0 Å². The molecule has 1 rings (SSSR count). The van der Waals surface area contributed by atoms with E-state index in [1.165, 1.54) is 0 Å². The molecule has 0 aliphatic carbocycles. The van der Waals surface area contributed by atoms with Crippen LogP contribution in [0.3, 0.4) is 0 Å². The van der Waals surface area contributed by atoms with E-state index in [-0.39, 0.29) is 5.90 Å². The fraction of sp³-hybridized carbons (Fsp3) is 0.400. The van der Waals surface area contributed by atoms with Gasteiger partial charge in [-0.05, 0) is 19.1 Å². The van der Waals surface area contributed by atoms with E-state index in [9.17, 15) is 0 Å². The Morgan fingerprint density at radius 3 is 2.71 bits per heavy atom. The smallest absolute Gasteiger partial charge is 0.216 e. The van der Waals surface area contributed by atoms with Crippen molar-refractivity contribution in [3.05, 3.63) is 29.0 Å². The lowest BCUT2D eigenvalue weighted by atomic mass is 10.3. The Kier molecular flexibility index (Phi) is 6.76. The van der Waals surface area contributed by atoms with E-state index >= 15 is 0 Å². The molecule has 0 unspecified atom stereocenters. The summed E-state index contributed by atoms with van der Waals surface area (Å²) >= 11 is 5.72. The summed E-state index contributed by atoms with van der Waals surface area (Å²) in [6.07, 6.45) is 1.57. The van der Waals surface area contributed by atoms with Gasteiger partial charge in [0.2, 0.25) is 5.90 Å². The van der Waals surface area contributed by atoms with Gasteiger partial charge >= 0.3 is 0 Å². The summed E-state index contributed by atoms with van der Waals surface area (Å²) in [5.41, 5.74) is 0.529. The number of hydrogen-bond donors (Lipinski definition) is 1. The SMILES string of the molecule is CC.CCOC(=N)c1cccnc1Cl. The number of aromatic nitrogens is 1. The van der Waals surface area contributed by atoms with Gasteiger partial charge in [0.05, 0.1) is 12.2 Å². The molecule has 0 aliphatic rings. The van der Waals surface area contributed by atoms with Crippen molar-refractivity contribution in [2.75, 3.05) is 6.61 Å². The van der Waals surface area contributed by atoms with E-state index < -0.39 is 0 Å². The molecule has 0 aliphatic heterocycles. The Morgan fingerprint density at radius 2 is 2.21 bits per heavy atom. The van der Waals surface area contributed by atoms with E-state index in [0.717, 1.165) is 0 Å². The van der Waals surface area contributed by atoms with Crippen molar-refractivity contribution in [1.82, 2.24) is 4.98 Å². The second-order valence-corrected chi connectivity index (χ2v) is 2.46. The second-order valence-electron chi connectivity index (χ2n) is 2.10. The van der Waals surface area contributed by atoms with Gasteiger partial charge in [-0.25, -0.2) is 4.98 Å². The largest absolute Gasteiger partial charge is 0.478 e. The van der Waals surface area contributed by atoms with Gasteiger partial charge in [-0.2, -0.15) is 0 Å². The highest BCUT2D eigenvalue weighted by atomic mass is 35.5. The quantitative estimate of drug-likeness (QED) is 0.467. The van der Waals surface area contributed by atoms with Crippen molar-refractivity contribution in [3.63, 3.8) is 0 Å². The van der Waals surface area contributed by atoms with Gasteiger partial charge in [0.1, 0.15) is 5.15 Å². The number of rotatable bonds is 2. The fourth-order valence-corrected chi connectivity index (χ4v) is 0.983. The molecule has 1 N–H and O–H groups in total. The van der Waals surface area contributed by atoms with Crippen molar-refractivity contribution < 1.29 is 4.74 Å². The first-order valence-corrected chi connectivity index (χ1v) is 4.95. The Bertz CT molecular complexity index is 289. The van der Waals surface area contributed by atoms with Crippen molar-refractivity contribution >= 4 is 17.5 Å². The summed E-state index contributed by atoms with van der Waals surface area (Å²) in [6.45, 7) is 6.28. The van der Waals surface area contributed by atoms with E-state index in [1.807, 2.05) is 20.8 Å². The first-order valence-electron chi connectivity index (χ1n) is 4.58. The zero-order chi connectivity index (χ0) is 11.0. The van der Waals surface area contributed by atoms with Gasteiger partial charge in [0, 0.05) is 6.20 Å². The maximum atomic E-state index is 7.42. The Balaban J connectivity index is 0.000000791. The van der Waals surface area contributed by atoms with Crippen LogP contribution in [0.4, 0.5) is 0 Å². The number of hydrogen-bond acceptors (Lipinski definition) is 3. The zero-order valence-electron chi connectivity index (χ0n) is 8.67. The number of nitrogens with one attached hydrogen (secondary N) is 1. The normalized spacial score (nSPS) is 8.57. The van der Waals surface area contributed by atoms with Crippen molar-refractivity contribution in [2.24, 2.45) is 0 Å². The third-order valence-electron chi connectivity index (χ3n) is 1.29. The van der Waals surface area contributed by atoms with Crippen LogP contribution in [-0.4, -0.2) is 17.5 Å². The number of nitrogens with zero attached hydrogens (tertiary/aromatic N) is 1. The molecular weight excluding hydrogens is 200 g/mol. The standard InChI is InChI=1S/C8H9ClN2O.C2H6/c1-2-12-8(10)6-4-3-5-11-7(6)9;1-2/h3-5,10H,2H2,1H3;1-2H3. The molecule has 78 valence electrons. The molecule has 0 saturated heterocycles. The topological polar surface area (TPSA) is 46.0 Å². The molecule has 0 amide bonds. The van der Waals surface area contributed by atoms with Crippen LogP contribution in [0.5, 0.6) is 0 Å². The molecule has 1 aromatic rings. The first-order chi connectivity index (χ1) is 6.75. The highest BCUT2D eigenvalue weighted by Gasteiger charge is 2.06. The Labute approximate surface area is 89.6 Å². The van der Waals surface area contributed by atoms with Gasteiger partial charge in [-0.3, -0.25) is 5.41 Å². The predicted octanol–water partition coefficient (Wildman–Crippen LogP) is 3.12. The van der Waals surface area contributed by atoms with Crippen LogP contribution in [0, 0.1) is 5.41 Å². The molecule has 0 atom stereocenters. The van der Waals surface area contributed by atoms with Crippen molar-refractivity contribution in [3.8, 4) is 0 Å². The van der Waals surface area contributed by atoms with Gasteiger partial charge < -0.3 is 4.74 Å². The second kappa shape index (κ2) is 7.33. The van der Waals surface area contributed by atoms with Gasteiger partial charge in [0.25, 0.3) is 0 Å². The van der Waals surface area contributed by atoms with Crippen LogP contribution in [0.25, 0.3) is 0 Å². The van der Waals surface area contributed by atoms with Gasteiger partial charge in [0.15, 0.2) is 0 Å². The van der Waals surface area contributed by atoms with Crippen LogP contribution in [0.2, 0.25) is 5.15 Å². The molecule has 0 aromatic carbocycles. The summed E-state index contributed by atoms with van der Waals surface area (Å²) in [7, 11) is 0. The molecule has 0 spiro atoms. The maximum Gasteiger partial charge on any atom is 0.216 e. The van der Waals surface area contributed by atoms with Gasteiger partial charge in [-0.1, -0.05) is 25.4 Å². The fourth-order valence-electron chi connectivity index (χ4n) is 0.777. The zero-order valence-corrected chi connectivity index (χ0v) is 9.43. The first kappa shape index (κ1) is 12.9. The van der Waals surface area contributed by atoms with E-state index in [1.54, 1.807) is 18.3 Å². The number of halogens is 1. The lowest BCUT2D eigenvalue weighted by Gasteiger charge is -2.04. The molecule has 1 aromatic heterocycles. The highest BCUT2D eigenvalue weighted by molar-refractivity contribution is 6.32. The molecule has 0 bridgehead atoms. The highest BCUT2D eigenvalue weighted by Crippen LogP contribution is 2.12. The van der Waals surface area contributed by atoms with Crippen LogP contribution in [0.15, 0.2) is 18.3 Å². The molecule has 0 radical (unpaired) electrons. The third kappa shape index (κ3) is 3.75. The van der Waals surface area contributed by atoms with E-state index in [0.29, 0.717) is 17.3 Å². The minimum Gasteiger partial charge on any atom is -0.478 e. The Hall–Kier alpha value is -1.09. The number of ether oxygens (including phenoxy) is 1. The minimum atomic E-state index is 0.0654.